The summed E-state index contributed by atoms with van der Waals surface area (Å²) in [4.78, 5) is 24.7. The van der Waals surface area contributed by atoms with Gasteiger partial charge in [0.2, 0.25) is 0 Å². The summed E-state index contributed by atoms with van der Waals surface area (Å²) in [5.74, 6) is -0.856. The Morgan fingerprint density at radius 1 is 1.30 bits per heavy atom. The van der Waals surface area contributed by atoms with Crippen LogP contribution in [-0.4, -0.2) is 22.6 Å². The van der Waals surface area contributed by atoms with E-state index in [0.717, 1.165) is 11.3 Å². The van der Waals surface area contributed by atoms with Gasteiger partial charge in [0, 0.05) is 21.7 Å². The second-order valence-electron chi connectivity index (χ2n) is 5.31. The fourth-order valence-corrected chi connectivity index (χ4v) is 2.61. The van der Waals surface area contributed by atoms with E-state index in [2.05, 4.69) is 23.6 Å². The van der Waals surface area contributed by atoms with Crippen LogP contribution in [0.1, 0.15) is 43.4 Å². The third-order valence-corrected chi connectivity index (χ3v) is 4.13. The Morgan fingerprint density at radius 3 is 2.50 bits per heavy atom. The summed E-state index contributed by atoms with van der Waals surface area (Å²) in [7, 11) is 0. The van der Waals surface area contributed by atoms with E-state index in [1.807, 2.05) is 19.9 Å². The van der Waals surface area contributed by atoms with Gasteiger partial charge in [-0.05, 0) is 38.8 Å². The van der Waals surface area contributed by atoms with E-state index in [9.17, 15) is 9.59 Å². The molecule has 3 N–H and O–H groups in total. The lowest BCUT2D eigenvalue weighted by atomic mass is 9.99. The summed E-state index contributed by atoms with van der Waals surface area (Å²) < 4.78 is 0. The molecule has 1 heterocycles. The van der Waals surface area contributed by atoms with E-state index in [1.165, 1.54) is 4.88 Å². The van der Waals surface area contributed by atoms with E-state index in [4.69, 9.17) is 5.11 Å². The molecule has 0 aromatic carbocycles. The highest BCUT2D eigenvalue weighted by molar-refractivity contribution is 7.11. The molecular formula is C14H22N2O3S. The molecule has 1 aromatic heterocycles. The molecule has 2 amide bonds. The molecule has 0 saturated carbocycles. The first-order valence-corrected chi connectivity index (χ1v) is 7.49. The van der Waals surface area contributed by atoms with Gasteiger partial charge in [0.15, 0.2) is 0 Å². The van der Waals surface area contributed by atoms with Crippen LogP contribution in [-0.2, 0) is 17.8 Å². The number of aryl methyl sites for hydroxylation is 1. The van der Waals surface area contributed by atoms with E-state index >= 15 is 0 Å². The number of nitrogens with one attached hydrogen (secondary N) is 2. The zero-order valence-electron chi connectivity index (χ0n) is 12.2. The molecule has 0 unspecified atom stereocenters. The third-order valence-electron chi connectivity index (χ3n) is 2.90. The summed E-state index contributed by atoms with van der Waals surface area (Å²) in [5, 5.41) is 14.2. The number of carbonyl (C=O) groups excluding carboxylic acids is 1. The van der Waals surface area contributed by atoms with Crippen LogP contribution in [0, 0.1) is 0 Å². The van der Waals surface area contributed by atoms with Crippen molar-refractivity contribution < 1.29 is 14.7 Å². The molecule has 5 nitrogen and oxygen atoms in total. The standard InChI is InChI=1S/C14H22N2O3S/c1-4-10-5-6-11(20-10)9-15-13(19)16-14(2,3)8-7-12(17)18/h5-6H,4,7-9H2,1-3H3,(H,17,18)(H2,15,16,19). The number of hydrogen-bond acceptors (Lipinski definition) is 3. The predicted octanol–water partition coefficient (Wildman–Crippen LogP) is 2.75. The zero-order valence-corrected chi connectivity index (χ0v) is 13.0. The average Bonchev–Trinajstić information content (AvgIpc) is 2.81. The molecule has 0 bridgehead atoms. The molecule has 0 aliphatic heterocycles. The van der Waals surface area contributed by atoms with Gasteiger partial charge < -0.3 is 15.7 Å². The monoisotopic (exact) mass is 298 g/mol. The average molecular weight is 298 g/mol. The quantitative estimate of drug-likeness (QED) is 0.724. The van der Waals surface area contributed by atoms with E-state index in [1.54, 1.807) is 11.3 Å². The van der Waals surface area contributed by atoms with Crippen molar-refractivity contribution in [2.45, 2.75) is 52.1 Å². The summed E-state index contributed by atoms with van der Waals surface area (Å²) in [6.07, 6.45) is 1.44. The van der Waals surface area contributed by atoms with Crippen LogP contribution in [0.15, 0.2) is 12.1 Å². The summed E-state index contributed by atoms with van der Waals surface area (Å²) in [6.45, 7) is 6.22. The first-order chi connectivity index (χ1) is 9.32. The molecule has 112 valence electrons. The largest absolute Gasteiger partial charge is 0.481 e. The molecule has 1 aromatic rings. The van der Waals surface area contributed by atoms with E-state index in [-0.39, 0.29) is 12.5 Å². The lowest BCUT2D eigenvalue weighted by Gasteiger charge is -2.25. The maximum Gasteiger partial charge on any atom is 0.315 e. The van der Waals surface area contributed by atoms with Gasteiger partial charge in [0.05, 0.1) is 6.54 Å². The van der Waals surface area contributed by atoms with Crippen LogP contribution < -0.4 is 10.6 Å². The summed E-state index contributed by atoms with van der Waals surface area (Å²) >= 11 is 1.69. The molecule has 6 heteroatoms. The Hall–Kier alpha value is -1.56. The van der Waals surface area contributed by atoms with Crippen LogP contribution in [0.4, 0.5) is 4.79 Å². The fraction of sp³-hybridized carbons (Fsp3) is 0.571. The van der Waals surface area contributed by atoms with Crippen LogP contribution in [0.25, 0.3) is 0 Å². The van der Waals surface area contributed by atoms with Crippen LogP contribution in [0.2, 0.25) is 0 Å². The summed E-state index contributed by atoms with van der Waals surface area (Å²) in [6, 6.07) is 3.81. The number of carboxylic acid groups (broad SMARTS) is 1. The lowest BCUT2D eigenvalue weighted by molar-refractivity contribution is -0.137. The Kier molecular flexibility index (Phi) is 6.01. The number of aliphatic carboxylic acids is 1. The van der Waals surface area contributed by atoms with Crippen molar-refractivity contribution in [2.75, 3.05) is 0 Å². The highest BCUT2D eigenvalue weighted by Crippen LogP contribution is 2.16. The van der Waals surface area contributed by atoms with Crippen LogP contribution >= 0.6 is 11.3 Å². The first-order valence-electron chi connectivity index (χ1n) is 6.68. The van der Waals surface area contributed by atoms with Crippen molar-refractivity contribution in [3.63, 3.8) is 0 Å². The number of hydrogen-bond donors (Lipinski definition) is 3. The van der Waals surface area contributed by atoms with Gasteiger partial charge in [-0.2, -0.15) is 0 Å². The van der Waals surface area contributed by atoms with Crippen molar-refractivity contribution in [3.8, 4) is 0 Å². The van der Waals surface area contributed by atoms with Gasteiger partial charge in [0.1, 0.15) is 0 Å². The highest BCUT2D eigenvalue weighted by Gasteiger charge is 2.21. The number of carbonyl (C=O) groups is 2. The number of carboxylic acids is 1. The summed E-state index contributed by atoms with van der Waals surface area (Å²) in [5.41, 5.74) is -0.535. The molecule has 0 radical (unpaired) electrons. The van der Waals surface area contributed by atoms with Crippen molar-refractivity contribution in [2.24, 2.45) is 0 Å². The molecule has 0 atom stereocenters. The molecule has 0 aliphatic rings. The highest BCUT2D eigenvalue weighted by atomic mass is 32.1. The van der Waals surface area contributed by atoms with Crippen LogP contribution in [0.3, 0.4) is 0 Å². The van der Waals surface area contributed by atoms with Gasteiger partial charge in [-0.1, -0.05) is 6.92 Å². The second kappa shape index (κ2) is 7.28. The molecule has 0 aliphatic carbocycles. The molecule has 20 heavy (non-hydrogen) atoms. The zero-order chi connectivity index (χ0) is 15.2. The van der Waals surface area contributed by atoms with Crippen molar-refractivity contribution >= 4 is 23.3 Å². The van der Waals surface area contributed by atoms with E-state index in [0.29, 0.717) is 13.0 Å². The first kappa shape index (κ1) is 16.5. The predicted molar refractivity (Wildman–Crippen MR) is 80.0 cm³/mol. The number of urea groups is 1. The fourth-order valence-electron chi connectivity index (χ4n) is 1.71. The second-order valence-corrected chi connectivity index (χ2v) is 6.56. The normalized spacial score (nSPS) is 11.2. The number of rotatable bonds is 7. The Morgan fingerprint density at radius 2 is 1.95 bits per heavy atom. The molecule has 0 saturated heterocycles. The minimum atomic E-state index is -0.856. The Balaban J connectivity index is 2.37. The number of thiophene rings is 1. The van der Waals surface area contributed by atoms with Crippen molar-refractivity contribution in [1.82, 2.24) is 10.6 Å². The van der Waals surface area contributed by atoms with E-state index < -0.39 is 11.5 Å². The molecule has 0 spiro atoms. The smallest absolute Gasteiger partial charge is 0.315 e. The van der Waals surface area contributed by atoms with Gasteiger partial charge in [-0.25, -0.2) is 4.79 Å². The third kappa shape index (κ3) is 6.06. The topological polar surface area (TPSA) is 78.4 Å². The van der Waals surface area contributed by atoms with Gasteiger partial charge in [0.25, 0.3) is 0 Å². The van der Waals surface area contributed by atoms with Gasteiger partial charge in [-0.3, -0.25) is 4.79 Å². The Labute approximate surface area is 123 Å². The van der Waals surface area contributed by atoms with Crippen molar-refractivity contribution in [3.05, 3.63) is 21.9 Å². The minimum Gasteiger partial charge on any atom is -0.481 e. The van der Waals surface area contributed by atoms with Gasteiger partial charge in [-0.15, -0.1) is 11.3 Å². The molecular weight excluding hydrogens is 276 g/mol. The SMILES string of the molecule is CCc1ccc(CNC(=O)NC(C)(C)CCC(=O)O)s1. The molecule has 1 rings (SSSR count). The van der Waals surface area contributed by atoms with Crippen LogP contribution in [0.5, 0.6) is 0 Å². The maximum atomic E-state index is 11.8. The minimum absolute atomic E-state index is 0.0397. The van der Waals surface area contributed by atoms with Crippen molar-refractivity contribution in [1.29, 1.82) is 0 Å². The lowest BCUT2D eigenvalue weighted by Crippen LogP contribution is -2.48. The number of amides is 2. The van der Waals surface area contributed by atoms with Gasteiger partial charge >= 0.3 is 12.0 Å². The molecule has 0 fully saturated rings. The maximum absolute atomic E-state index is 11.8. The Bertz CT molecular complexity index is 469.